The number of piperidine rings is 2. The van der Waals surface area contributed by atoms with E-state index < -0.39 is 0 Å². The summed E-state index contributed by atoms with van der Waals surface area (Å²) in [5, 5.41) is 7.88. The highest BCUT2D eigenvalue weighted by atomic mass is 35.5. The van der Waals surface area contributed by atoms with Crippen molar-refractivity contribution in [2.45, 2.75) is 71.6 Å². The van der Waals surface area contributed by atoms with Gasteiger partial charge in [-0.05, 0) is 61.9 Å². The third-order valence-corrected chi connectivity index (χ3v) is 10.9. The van der Waals surface area contributed by atoms with Gasteiger partial charge in [0.15, 0.2) is 0 Å². The summed E-state index contributed by atoms with van der Waals surface area (Å²) >= 11 is 7.18. The zero-order valence-electron chi connectivity index (χ0n) is 30.8. The lowest BCUT2D eigenvalue weighted by molar-refractivity contribution is -0.130. The van der Waals surface area contributed by atoms with Crippen LogP contribution in [0.3, 0.4) is 0 Å². The van der Waals surface area contributed by atoms with Crippen molar-refractivity contribution in [2.24, 2.45) is 0 Å². The Bertz CT molecular complexity index is 1770. The van der Waals surface area contributed by atoms with Gasteiger partial charge in [0.05, 0.1) is 30.6 Å². The van der Waals surface area contributed by atoms with E-state index in [1.165, 1.54) is 0 Å². The van der Waals surface area contributed by atoms with Crippen molar-refractivity contribution < 1.29 is 19.1 Å². The van der Waals surface area contributed by atoms with E-state index in [2.05, 4.69) is 29.7 Å². The molecule has 0 radical (unpaired) electrons. The van der Waals surface area contributed by atoms with Crippen LogP contribution >= 0.6 is 11.6 Å². The molecule has 2 amide bonds. The SMILES string of the molecule is COc1cc(-c2nccc(-c3cccc(-c4ccc(CNC5CCN(C(C)=O)CC5)c(OC)n4)c3Cl)c2C)ccc1CNC1CCN(C(C)=O)CC1. The molecule has 4 aromatic rings. The fourth-order valence-corrected chi connectivity index (χ4v) is 7.66. The minimum Gasteiger partial charge on any atom is -0.496 e. The van der Waals surface area contributed by atoms with Crippen molar-refractivity contribution in [1.82, 2.24) is 30.4 Å². The molecule has 52 heavy (non-hydrogen) atoms. The number of halogens is 1. The number of pyridine rings is 2. The maximum absolute atomic E-state index is 11.7. The summed E-state index contributed by atoms with van der Waals surface area (Å²) in [5.74, 6) is 1.64. The lowest BCUT2D eigenvalue weighted by Crippen LogP contribution is -2.44. The molecule has 2 aliphatic rings. The zero-order valence-corrected chi connectivity index (χ0v) is 31.6. The van der Waals surface area contributed by atoms with Crippen molar-refractivity contribution in [2.75, 3.05) is 40.4 Å². The van der Waals surface area contributed by atoms with Crippen LogP contribution in [0.5, 0.6) is 11.6 Å². The van der Waals surface area contributed by atoms with Crippen LogP contribution in [0, 0.1) is 6.92 Å². The van der Waals surface area contributed by atoms with E-state index in [9.17, 15) is 9.59 Å². The first-order chi connectivity index (χ1) is 25.2. The number of amides is 2. The first-order valence-electron chi connectivity index (χ1n) is 18.1. The van der Waals surface area contributed by atoms with Crippen LogP contribution < -0.4 is 20.1 Å². The Morgan fingerprint density at radius 2 is 1.38 bits per heavy atom. The average molecular weight is 725 g/mol. The Kier molecular flexibility index (Phi) is 12.1. The fraction of sp³-hybridized carbons (Fsp3) is 0.415. The highest BCUT2D eigenvalue weighted by molar-refractivity contribution is 6.36. The van der Waals surface area contributed by atoms with Crippen molar-refractivity contribution in [3.05, 3.63) is 82.5 Å². The lowest BCUT2D eigenvalue weighted by atomic mass is 9.94. The van der Waals surface area contributed by atoms with Gasteiger partial charge in [-0.1, -0.05) is 48.0 Å². The number of nitrogens with zero attached hydrogens (tertiary/aromatic N) is 4. The monoisotopic (exact) mass is 724 g/mol. The van der Waals surface area contributed by atoms with Gasteiger partial charge < -0.3 is 29.9 Å². The minimum atomic E-state index is 0.137. The molecule has 0 atom stereocenters. The van der Waals surface area contributed by atoms with Gasteiger partial charge in [-0.2, -0.15) is 0 Å². The number of carbonyl (C=O) groups is 2. The second-order valence-corrected chi connectivity index (χ2v) is 14.1. The molecule has 2 aliphatic heterocycles. The van der Waals surface area contributed by atoms with E-state index in [0.717, 1.165) is 108 Å². The predicted molar refractivity (Wildman–Crippen MR) is 205 cm³/mol. The number of rotatable bonds is 11. The molecule has 0 aliphatic carbocycles. The van der Waals surface area contributed by atoms with Gasteiger partial charge in [-0.25, -0.2) is 4.98 Å². The van der Waals surface area contributed by atoms with Crippen molar-refractivity contribution in [1.29, 1.82) is 0 Å². The number of aromatic nitrogens is 2. The molecular formula is C41H49ClN6O4. The average Bonchev–Trinajstić information content (AvgIpc) is 3.17. The van der Waals surface area contributed by atoms with Gasteiger partial charge >= 0.3 is 0 Å². The van der Waals surface area contributed by atoms with Crippen LogP contribution in [0.25, 0.3) is 33.6 Å². The van der Waals surface area contributed by atoms with Gasteiger partial charge in [-0.3, -0.25) is 14.6 Å². The summed E-state index contributed by atoms with van der Waals surface area (Å²) in [6, 6.07) is 19.0. The van der Waals surface area contributed by atoms with Crippen molar-refractivity contribution in [3.63, 3.8) is 0 Å². The number of benzene rings is 2. The molecule has 0 saturated carbocycles. The third-order valence-electron chi connectivity index (χ3n) is 10.5. The van der Waals surface area contributed by atoms with E-state index in [4.69, 9.17) is 31.0 Å². The van der Waals surface area contributed by atoms with E-state index >= 15 is 0 Å². The molecular weight excluding hydrogens is 676 g/mol. The molecule has 2 aromatic carbocycles. The molecule has 2 N–H and O–H groups in total. The maximum atomic E-state index is 11.7. The maximum Gasteiger partial charge on any atom is 0.219 e. The largest absolute Gasteiger partial charge is 0.496 e. The minimum absolute atomic E-state index is 0.137. The number of carbonyl (C=O) groups excluding carboxylic acids is 2. The third kappa shape index (κ3) is 8.41. The van der Waals surface area contributed by atoms with Gasteiger partial charge in [0, 0.05) is 99.2 Å². The van der Waals surface area contributed by atoms with Gasteiger partial charge in [0.2, 0.25) is 17.7 Å². The fourth-order valence-electron chi connectivity index (χ4n) is 7.33. The van der Waals surface area contributed by atoms with E-state index in [0.29, 0.717) is 36.1 Å². The summed E-state index contributed by atoms with van der Waals surface area (Å²) in [5.41, 5.74) is 8.30. The zero-order chi connectivity index (χ0) is 36.8. The molecule has 2 aromatic heterocycles. The Labute approximate surface area is 311 Å². The quantitative estimate of drug-likeness (QED) is 0.177. The van der Waals surface area contributed by atoms with Gasteiger partial charge in [0.25, 0.3) is 0 Å². The Morgan fingerprint density at radius 3 is 1.98 bits per heavy atom. The van der Waals surface area contributed by atoms with Crippen LogP contribution in [0.15, 0.2) is 60.8 Å². The number of ether oxygens (including phenoxy) is 2. The topological polar surface area (TPSA) is 109 Å². The van der Waals surface area contributed by atoms with Crippen molar-refractivity contribution >= 4 is 23.4 Å². The standard InChI is InChI=1S/C41H49ClN6O4/c1-26-34(13-18-43-40(26)29-9-10-30(38(23-29)51-4)24-44-32-14-19-47(20-15-32)27(2)49)35-7-6-8-36(39(35)42)37-12-11-31(41(46-37)52-5)25-45-33-16-21-48(22-17-33)28(3)50/h6-13,18,23,32-33,44-45H,14-17,19-22,24-25H2,1-5H3. The van der Waals surface area contributed by atoms with Gasteiger partial charge in [-0.15, -0.1) is 0 Å². The first kappa shape index (κ1) is 37.3. The first-order valence-corrected chi connectivity index (χ1v) is 18.5. The van der Waals surface area contributed by atoms with E-state index in [1.54, 1.807) is 28.1 Å². The molecule has 0 spiro atoms. The lowest BCUT2D eigenvalue weighted by Gasteiger charge is -2.32. The molecule has 11 heteroatoms. The molecule has 0 unspecified atom stereocenters. The molecule has 274 valence electrons. The van der Waals surface area contributed by atoms with Crippen LogP contribution in [0.1, 0.15) is 56.2 Å². The summed E-state index contributed by atoms with van der Waals surface area (Å²) in [4.78, 5) is 36.9. The molecule has 2 fully saturated rings. The van der Waals surface area contributed by atoms with Crippen LogP contribution in [0.2, 0.25) is 5.02 Å². The molecule has 4 heterocycles. The normalized spacial score (nSPS) is 15.5. The Balaban J connectivity index is 1.18. The highest BCUT2D eigenvalue weighted by Crippen LogP contribution is 2.40. The highest BCUT2D eigenvalue weighted by Gasteiger charge is 2.23. The van der Waals surface area contributed by atoms with Gasteiger partial charge in [0.1, 0.15) is 5.75 Å². The van der Waals surface area contributed by atoms with Crippen LogP contribution in [-0.4, -0.2) is 84.1 Å². The van der Waals surface area contributed by atoms with Crippen LogP contribution in [-0.2, 0) is 22.7 Å². The second-order valence-electron chi connectivity index (χ2n) is 13.7. The van der Waals surface area contributed by atoms with E-state index in [1.807, 2.05) is 58.5 Å². The summed E-state index contributed by atoms with van der Waals surface area (Å²) in [6.45, 7) is 9.77. The Morgan fingerprint density at radius 1 is 0.788 bits per heavy atom. The summed E-state index contributed by atoms with van der Waals surface area (Å²) < 4.78 is 11.6. The molecule has 6 rings (SSSR count). The molecule has 0 bridgehead atoms. The molecule has 10 nitrogen and oxygen atoms in total. The summed E-state index contributed by atoms with van der Waals surface area (Å²) in [7, 11) is 3.34. The number of hydrogen-bond donors (Lipinski definition) is 2. The summed E-state index contributed by atoms with van der Waals surface area (Å²) in [6.07, 6.45) is 5.55. The van der Waals surface area contributed by atoms with Crippen molar-refractivity contribution in [3.8, 4) is 45.3 Å². The Hall–Kier alpha value is -4.51. The van der Waals surface area contributed by atoms with E-state index in [-0.39, 0.29) is 11.8 Å². The number of hydrogen-bond acceptors (Lipinski definition) is 8. The number of methoxy groups -OCH3 is 2. The smallest absolute Gasteiger partial charge is 0.219 e. The number of likely N-dealkylation sites (tertiary alicyclic amines) is 2. The van der Waals surface area contributed by atoms with Crippen LogP contribution in [0.4, 0.5) is 0 Å². The predicted octanol–water partition coefficient (Wildman–Crippen LogP) is 6.66. The number of nitrogens with one attached hydrogen (secondary N) is 2. The second kappa shape index (κ2) is 16.9. The molecule has 2 saturated heterocycles.